The van der Waals surface area contributed by atoms with Crippen LogP contribution in [0.5, 0.6) is 5.75 Å². The Morgan fingerprint density at radius 1 is 1.12 bits per heavy atom. The summed E-state index contributed by atoms with van der Waals surface area (Å²) in [5, 5.41) is 4.42. The Morgan fingerprint density at radius 2 is 1.85 bits per heavy atom. The summed E-state index contributed by atoms with van der Waals surface area (Å²) in [5.74, 6) is -1.78. The van der Waals surface area contributed by atoms with E-state index in [4.69, 9.17) is 4.74 Å². The SMILES string of the molecule is O=C(CCCOc1cc(F)cc(C(F)(F)F)c1)Nc1ccc(S(=O)(=O)Nc2nccs2)cc1. The molecule has 0 aliphatic carbocycles. The summed E-state index contributed by atoms with van der Waals surface area (Å²) in [6, 6.07) is 7.34. The minimum Gasteiger partial charge on any atom is -0.493 e. The van der Waals surface area contributed by atoms with Crippen LogP contribution in [0.4, 0.5) is 28.4 Å². The number of carbonyl (C=O) groups is 1. The largest absolute Gasteiger partial charge is 0.493 e. The maximum Gasteiger partial charge on any atom is 0.416 e. The van der Waals surface area contributed by atoms with Crippen LogP contribution in [0.2, 0.25) is 0 Å². The maximum atomic E-state index is 13.3. The molecule has 1 aromatic heterocycles. The number of aromatic nitrogens is 1. The molecular formula is C20H17F4N3O4S2. The number of nitrogens with zero attached hydrogens (tertiary/aromatic N) is 1. The molecule has 7 nitrogen and oxygen atoms in total. The highest BCUT2D eigenvalue weighted by Crippen LogP contribution is 2.32. The van der Waals surface area contributed by atoms with Crippen molar-refractivity contribution in [1.29, 1.82) is 0 Å². The molecule has 0 bridgehead atoms. The van der Waals surface area contributed by atoms with Gasteiger partial charge < -0.3 is 10.1 Å². The summed E-state index contributed by atoms with van der Waals surface area (Å²) < 4.78 is 83.5. The van der Waals surface area contributed by atoms with Crippen LogP contribution in [0.3, 0.4) is 0 Å². The quantitative estimate of drug-likeness (QED) is 0.320. The summed E-state index contributed by atoms with van der Waals surface area (Å²) in [6.07, 6.45) is -3.10. The second kappa shape index (κ2) is 10.2. The van der Waals surface area contributed by atoms with E-state index in [0.29, 0.717) is 17.8 Å². The molecule has 0 aliphatic rings. The van der Waals surface area contributed by atoms with Gasteiger partial charge in [-0.3, -0.25) is 9.52 Å². The van der Waals surface area contributed by atoms with Crippen molar-refractivity contribution < 1.29 is 35.5 Å². The van der Waals surface area contributed by atoms with Gasteiger partial charge in [0, 0.05) is 29.8 Å². The van der Waals surface area contributed by atoms with Gasteiger partial charge in [-0.15, -0.1) is 11.3 Å². The van der Waals surface area contributed by atoms with Crippen molar-refractivity contribution in [2.45, 2.75) is 23.9 Å². The molecule has 176 valence electrons. The smallest absolute Gasteiger partial charge is 0.416 e. The van der Waals surface area contributed by atoms with Crippen LogP contribution in [0.1, 0.15) is 18.4 Å². The van der Waals surface area contributed by atoms with Gasteiger partial charge in [-0.2, -0.15) is 13.2 Å². The molecule has 3 rings (SSSR count). The Morgan fingerprint density at radius 3 is 2.48 bits per heavy atom. The number of ether oxygens (including phenoxy) is 1. The van der Waals surface area contributed by atoms with Gasteiger partial charge in [0.15, 0.2) is 5.13 Å². The number of alkyl halides is 3. The van der Waals surface area contributed by atoms with Crippen molar-refractivity contribution in [2.75, 3.05) is 16.6 Å². The number of nitrogens with one attached hydrogen (secondary N) is 2. The van der Waals surface area contributed by atoms with Crippen LogP contribution in [0.25, 0.3) is 0 Å². The van der Waals surface area contributed by atoms with E-state index in [-0.39, 0.29) is 35.2 Å². The third kappa shape index (κ3) is 7.15. The molecule has 33 heavy (non-hydrogen) atoms. The Bertz CT molecular complexity index is 1200. The van der Waals surface area contributed by atoms with Gasteiger partial charge in [-0.25, -0.2) is 17.8 Å². The maximum absolute atomic E-state index is 13.3. The lowest BCUT2D eigenvalue weighted by atomic mass is 10.2. The third-order valence-electron chi connectivity index (χ3n) is 4.12. The number of anilines is 2. The molecule has 0 spiro atoms. The average Bonchev–Trinajstić information content (AvgIpc) is 3.23. The van der Waals surface area contributed by atoms with Gasteiger partial charge in [0.2, 0.25) is 5.91 Å². The first-order valence-electron chi connectivity index (χ1n) is 9.36. The third-order valence-corrected chi connectivity index (χ3v) is 6.29. The summed E-state index contributed by atoms with van der Waals surface area (Å²) >= 11 is 1.13. The molecule has 0 saturated heterocycles. The second-order valence-corrected chi connectivity index (χ2v) is 9.22. The fraction of sp³-hybridized carbons (Fsp3) is 0.200. The number of hydrogen-bond acceptors (Lipinski definition) is 6. The van der Waals surface area contributed by atoms with Gasteiger partial charge in [0.1, 0.15) is 11.6 Å². The average molecular weight is 503 g/mol. The van der Waals surface area contributed by atoms with Crippen LogP contribution in [0, 0.1) is 5.82 Å². The van der Waals surface area contributed by atoms with Crippen LogP contribution in [-0.2, 0) is 21.0 Å². The summed E-state index contributed by atoms with van der Waals surface area (Å²) in [6.45, 7) is -0.103. The van der Waals surface area contributed by atoms with Crippen LogP contribution in [0.15, 0.2) is 58.9 Å². The fourth-order valence-corrected chi connectivity index (χ4v) is 4.41. The first kappa shape index (κ1) is 24.5. The number of halogens is 4. The Hall–Kier alpha value is -3.19. The number of sulfonamides is 1. The first-order valence-corrected chi connectivity index (χ1v) is 11.7. The predicted molar refractivity (Wildman–Crippen MR) is 114 cm³/mol. The highest BCUT2D eigenvalue weighted by molar-refractivity contribution is 7.93. The topological polar surface area (TPSA) is 97.4 Å². The summed E-state index contributed by atoms with van der Waals surface area (Å²) in [5.41, 5.74) is -0.809. The minimum absolute atomic E-state index is 0.0163. The summed E-state index contributed by atoms with van der Waals surface area (Å²) in [7, 11) is -3.82. The van der Waals surface area contributed by atoms with E-state index in [1.807, 2.05) is 0 Å². The van der Waals surface area contributed by atoms with E-state index in [2.05, 4.69) is 15.0 Å². The molecule has 0 radical (unpaired) electrons. The number of thiazole rings is 1. The van der Waals surface area contributed by atoms with E-state index in [9.17, 15) is 30.8 Å². The lowest BCUT2D eigenvalue weighted by Gasteiger charge is -2.11. The Kier molecular flexibility index (Phi) is 7.53. The van der Waals surface area contributed by atoms with Crippen LogP contribution >= 0.6 is 11.3 Å². The predicted octanol–water partition coefficient (Wildman–Crippen LogP) is 4.90. The van der Waals surface area contributed by atoms with Crippen molar-refractivity contribution in [1.82, 2.24) is 4.98 Å². The second-order valence-electron chi connectivity index (χ2n) is 6.64. The van der Waals surface area contributed by atoms with Crippen molar-refractivity contribution in [3.05, 3.63) is 65.4 Å². The van der Waals surface area contributed by atoms with Crippen molar-refractivity contribution in [3.63, 3.8) is 0 Å². The molecule has 2 aromatic carbocycles. The number of rotatable bonds is 9. The zero-order chi connectivity index (χ0) is 24.1. The molecule has 0 saturated carbocycles. The minimum atomic E-state index is -4.70. The van der Waals surface area contributed by atoms with Crippen molar-refractivity contribution in [2.24, 2.45) is 0 Å². The molecule has 0 aliphatic heterocycles. The molecule has 0 fully saturated rings. The number of hydrogen-bond donors (Lipinski definition) is 2. The molecule has 3 aromatic rings. The summed E-state index contributed by atoms with van der Waals surface area (Å²) in [4.78, 5) is 15.9. The van der Waals surface area contributed by atoms with Gasteiger partial charge in [0.05, 0.1) is 17.1 Å². The Labute approximate surface area is 190 Å². The molecule has 1 heterocycles. The number of carbonyl (C=O) groups excluding carboxylic acids is 1. The lowest BCUT2D eigenvalue weighted by molar-refractivity contribution is -0.137. The highest BCUT2D eigenvalue weighted by atomic mass is 32.2. The fourth-order valence-electron chi connectivity index (χ4n) is 2.62. The van der Waals surface area contributed by atoms with Crippen LogP contribution < -0.4 is 14.8 Å². The normalized spacial score (nSPS) is 11.8. The van der Waals surface area contributed by atoms with Gasteiger partial charge in [-0.05, 0) is 42.8 Å². The van der Waals surface area contributed by atoms with E-state index in [1.165, 1.54) is 30.5 Å². The Balaban J connectivity index is 1.47. The van der Waals surface area contributed by atoms with Gasteiger partial charge in [-0.1, -0.05) is 0 Å². The molecular weight excluding hydrogens is 486 g/mol. The number of amides is 1. The molecule has 0 atom stereocenters. The van der Waals surface area contributed by atoms with Crippen LogP contribution in [-0.4, -0.2) is 25.9 Å². The zero-order valence-corrected chi connectivity index (χ0v) is 18.4. The standard InChI is InChI=1S/C20H17F4N3O4S2/c21-14-10-13(20(22,23)24)11-16(12-14)31-8-1-2-18(28)26-15-3-5-17(6-4-15)33(29,30)27-19-25-7-9-32-19/h3-7,9-12H,1-2,8H2,(H,25,27)(H,26,28). The van der Waals surface area contributed by atoms with Crippen molar-refractivity contribution >= 4 is 38.1 Å². The molecule has 1 amide bonds. The monoisotopic (exact) mass is 503 g/mol. The molecule has 13 heteroatoms. The van der Waals surface area contributed by atoms with E-state index < -0.39 is 33.5 Å². The number of benzene rings is 2. The van der Waals surface area contributed by atoms with Crippen molar-refractivity contribution in [3.8, 4) is 5.75 Å². The van der Waals surface area contributed by atoms with E-state index in [0.717, 1.165) is 17.4 Å². The lowest BCUT2D eigenvalue weighted by Crippen LogP contribution is -2.14. The van der Waals surface area contributed by atoms with E-state index in [1.54, 1.807) is 5.38 Å². The zero-order valence-electron chi connectivity index (χ0n) is 16.7. The van der Waals surface area contributed by atoms with Gasteiger partial charge in [0.25, 0.3) is 10.0 Å². The molecule has 0 unspecified atom stereocenters. The highest BCUT2D eigenvalue weighted by Gasteiger charge is 2.31. The van der Waals surface area contributed by atoms with Gasteiger partial charge >= 0.3 is 6.18 Å². The first-order chi connectivity index (χ1) is 15.5. The van der Waals surface area contributed by atoms with E-state index >= 15 is 0 Å². The molecule has 2 N–H and O–H groups in total.